The van der Waals surface area contributed by atoms with Crippen molar-refractivity contribution in [3.05, 3.63) is 22.6 Å². The van der Waals surface area contributed by atoms with Gasteiger partial charge >= 0.3 is 0 Å². The van der Waals surface area contributed by atoms with Gasteiger partial charge in [0.15, 0.2) is 4.67 Å². The van der Waals surface area contributed by atoms with Crippen molar-refractivity contribution in [1.82, 2.24) is 5.43 Å². The van der Waals surface area contributed by atoms with E-state index in [-0.39, 0.29) is 6.04 Å². The van der Waals surface area contributed by atoms with E-state index in [1.807, 2.05) is 6.07 Å². The predicted octanol–water partition coefficient (Wildman–Crippen LogP) is 3.13. The highest BCUT2D eigenvalue weighted by Gasteiger charge is 2.26. The van der Waals surface area contributed by atoms with Crippen LogP contribution < -0.4 is 11.3 Å². The maximum atomic E-state index is 5.65. The summed E-state index contributed by atoms with van der Waals surface area (Å²) in [5, 5.41) is 0. The van der Waals surface area contributed by atoms with Crippen LogP contribution in [0.25, 0.3) is 0 Å². The molecule has 1 fully saturated rings. The Labute approximate surface area is 98.5 Å². The maximum absolute atomic E-state index is 5.65. The summed E-state index contributed by atoms with van der Waals surface area (Å²) in [4.78, 5) is 0. The number of nitrogens with one attached hydrogen (secondary N) is 1. The highest BCUT2D eigenvalue weighted by Crippen LogP contribution is 2.36. The summed E-state index contributed by atoms with van der Waals surface area (Å²) < 4.78 is 6.06. The van der Waals surface area contributed by atoms with Gasteiger partial charge < -0.3 is 4.42 Å². The van der Waals surface area contributed by atoms with Crippen molar-refractivity contribution < 1.29 is 4.42 Å². The fourth-order valence-electron chi connectivity index (χ4n) is 2.47. The van der Waals surface area contributed by atoms with Gasteiger partial charge in [0.05, 0.1) is 12.3 Å². The molecule has 1 aliphatic carbocycles. The molecule has 1 saturated carbocycles. The van der Waals surface area contributed by atoms with Crippen LogP contribution in [0.2, 0.25) is 0 Å². The molecule has 1 aromatic rings. The van der Waals surface area contributed by atoms with Gasteiger partial charge in [-0.2, -0.15) is 0 Å². The zero-order chi connectivity index (χ0) is 10.7. The summed E-state index contributed by atoms with van der Waals surface area (Å²) in [7, 11) is 0. The molecular weight excluding hydrogens is 256 g/mol. The lowest BCUT2D eigenvalue weighted by Crippen LogP contribution is -2.34. The van der Waals surface area contributed by atoms with Crippen LogP contribution in [0.15, 0.2) is 21.4 Å². The Morgan fingerprint density at radius 2 is 2.13 bits per heavy atom. The summed E-state index contributed by atoms with van der Waals surface area (Å²) in [5.41, 5.74) is 4.07. The van der Waals surface area contributed by atoms with Crippen LogP contribution in [-0.2, 0) is 0 Å². The minimum absolute atomic E-state index is 0.221. The topological polar surface area (TPSA) is 51.2 Å². The molecule has 2 rings (SSSR count). The number of hydrogen-bond donors (Lipinski definition) is 2. The van der Waals surface area contributed by atoms with Gasteiger partial charge in [-0.05, 0) is 40.8 Å². The predicted molar refractivity (Wildman–Crippen MR) is 63.0 cm³/mol. The summed E-state index contributed by atoms with van der Waals surface area (Å²) >= 11 is 3.41. The monoisotopic (exact) mass is 272 g/mol. The van der Waals surface area contributed by atoms with E-state index >= 15 is 0 Å². The van der Waals surface area contributed by atoms with Crippen LogP contribution in [0.4, 0.5) is 0 Å². The Bertz CT molecular complexity index is 307. The van der Waals surface area contributed by atoms with Crippen molar-refractivity contribution in [3.8, 4) is 0 Å². The zero-order valence-corrected chi connectivity index (χ0v) is 10.3. The average molecular weight is 273 g/mol. The molecule has 0 spiro atoms. The molecule has 3 nitrogen and oxygen atoms in total. The van der Waals surface area contributed by atoms with E-state index in [2.05, 4.69) is 21.4 Å². The third kappa shape index (κ3) is 2.44. The minimum Gasteiger partial charge on any atom is -0.457 e. The van der Waals surface area contributed by atoms with Crippen molar-refractivity contribution in [2.75, 3.05) is 0 Å². The number of rotatable bonds is 3. The lowest BCUT2D eigenvalue weighted by atomic mass is 9.82. The Kier molecular flexibility index (Phi) is 3.83. The second-order valence-electron chi connectivity index (χ2n) is 4.19. The van der Waals surface area contributed by atoms with E-state index in [0.29, 0.717) is 5.92 Å². The molecule has 1 aromatic heterocycles. The molecule has 0 radical (unpaired) electrons. The van der Waals surface area contributed by atoms with Crippen molar-refractivity contribution in [2.45, 2.75) is 38.1 Å². The van der Waals surface area contributed by atoms with Crippen LogP contribution in [0.1, 0.15) is 43.7 Å². The van der Waals surface area contributed by atoms with Crippen LogP contribution >= 0.6 is 15.9 Å². The van der Waals surface area contributed by atoms with Crippen LogP contribution in [0.5, 0.6) is 0 Å². The first-order valence-corrected chi connectivity index (χ1v) is 6.31. The molecule has 4 heteroatoms. The van der Waals surface area contributed by atoms with Crippen molar-refractivity contribution in [2.24, 2.45) is 11.8 Å². The molecule has 0 bridgehead atoms. The first-order chi connectivity index (χ1) is 7.33. The lowest BCUT2D eigenvalue weighted by molar-refractivity contribution is 0.271. The number of furan rings is 1. The van der Waals surface area contributed by atoms with E-state index in [1.54, 1.807) is 6.26 Å². The fraction of sp³-hybridized carbons (Fsp3) is 0.636. The molecule has 1 heterocycles. The summed E-state index contributed by atoms with van der Waals surface area (Å²) in [6.07, 6.45) is 8.21. The first-order valence-electron chi connectivity index (χ1n) is 5.52. The highest BCUT2D eigenvalue weighted by molar-refractivity contribution is 9.10. The number of nitrogens with two attached hydrogens (primary N) is 1. The maximum Gasteiger partial charge on any atom is 0.173 e. The Hall–Kier alpha value is -0.320. The molecule has 15 heavy (non-hydrogen) atoms. The quantitative estimate of drug-likeness (QED) is 0.657. The molecule has 1 atom stereocenters. The van der Waals surface area contributed by atoms with E-state index in [9.17, 15) is 0 Å². The van der Waals surface area contributed by atoms with Crippen molar-refractivity contribution in [1.29, 1.82) is 0 Å². The molecule has 0 saturated heterocycles. The third-order valence-electron chi connectivity index (χ3n) is 3.28. The largest absolute Gasteiger partial charge is 0.457 e. The highest BCUT2D eigenvalue weighted by atomic mass is 79.9. The fourth-order valence-corrected chi connectivity index (χ4v) is 2.96. The molecule has 0 amide bonds. The van der Waals surface area contributed by atoms with Gasteiger partial charge in [0, 0.05) is 5.56 Å². The second kappa shape index (κ2) is 5.14. The Morgan fingerprint density at radius 3 is 2.67 bits per heavy atom. The molecule has 3 N–H and O–H groups in total. The minimum atomic E-state index is 0.221. The van der Waals surface area contributed by atoms with Gasteiger partial charge in [-0.15, -0.1) is 0 Å². The third-order valence-corrected chi connectivity index (χ3v) is 3.93. The van der Waals surface area contributed by atoms with Gasteiger partial charge in [-0.3, -0.25) is 11.3 Å². The molecular formula is C11H17BrN2O. The van der Waals surface area contributed by atoms with Crippen molar-refractivity contribution >= 4 is 15.9 Å². The van der Waals surface area contributed by atoms with E-state index in [0.717, 1.165) is 10.2 Å². The van der Waals surface area contributed by atoms with E-state index in [4.69, 9.17) is 10.3 Å². The molecule has 0 aromatic carbocycles. The molecule has 0 aliphatic heterocycles. The van der Waals surface area contributed by atoms with Gasteiger partial charge in [0.25, 0.3) is 0 Å². The normalized spacial score (nSPS) is 20.4. The molecule has 1 aliphatic rings. The van der Waals surface area contributed by atoms with E-state index < -0.39 is 0 Å². The summed E-state index contributed by atoms with van der Waals surface area (Å²) in [6, 6.07) is 2.21. The SMILES string of the molecule is NNC(c1ccoc1Br)C1CCCCC1. The van der Waals surface area contributed by atoms with Crippen LogP contribution in [0.3, 0.4) is 0 Å². The van der Waals surface area contributed by atoms with Gasteiger partial charge in [-0.1, -0.05) is 19.3 Å². The van der Waals surface area contributed by atoms with Crippen LogP contribution in [0, 0.1) is 5.92 Å². The molecule has 84 valence electrons. The van der Waals surface area contributed by atoms with Gasteiger partial charge in [0.1, 0.15) is 0 Å². The van der Waals surface area contributed by atoms with Gasteiger partial charge in [-0.25, -0.2) is 0 Å². The summed E-state index contributed by atoms with van der Waals surface area (Å²) in [5.74, 6) is 6.29. The Balaban J connectivity index is 2.12. The second-order valence-corrected chi connectivity index (χ2v) is 4.91. The number of halogens is 1. The molecule has 1 unspecified atom stereocenters. The lowest BCUT2D eigenvalue weighted by Gasteiger charge is -2.29. The average Bonchev–Trinajstić information content (AvgIpc) is 2.68. The van der Waals surface area contributed by atoms with Crippen molar-refractivity contribution in [3.63, 3.8) is 0 Å². The van der Waals surface area contributed by atoms with Crippen LogP contribution in [-0.4, -0.2) is 0 Å². The zero-order valence-electron chi connectivity index (χ0n) is 8.71. The summed E-state index contributed by atoms with van der Waals surface area (Å²) in [6.45, 7) is 0. The van der Waals surface area contributed by atoms with E-state index in [1.165, 1.54) is 32.1 Å². The van der Waals surface area contributed by atoms with Gasteiger partial charge in [0.2, 0.25) is 0 Å². The smallest absolute Gasteiger partial charge is 0.173 e. The number of hydrogen-bond acceptors (Lipinski definition) is 3. The standard InChI is InChI=1S/C11H17BrN2O/c12-11-9(6-7-15-11)10(14-13)8-4-2-1-3-5-8/h6-8,10,14H,1-5,13H2. The Morgan fingerprint density at radius 1 is 1.40 bits per heavy atom. The first kappa shape index (κ1) is 11.2. The number of hydrazine groups is 1.